The van der Waals surface area contributed by atoms with Crippen LogP contribution in [0.4, 0.5) is 0 Å². The second-order valence-corrected chi connectivity index (χ2v) is 13.0. The third kappa shape index (κ3) is 2.61. The average Bonchev–Trinajstić information content (AvgIpc) is 3.02. The maximum absolute atomic E-state index is 6.80. The first-order chi connectivity index (χ1) is 16.8. The SMILES string of the molecule is S=P1(c2ccccc2)c2ccccc2-c2c(c3cnccc3c3ccccc23)-c2ccccc21. The molecule has 0 saturated carbocycles. The van der Waals surface area contributed by atoms with Crippen LogP contribution >= 0.6 is 6.04 Å². The van der Waals surface area contributed by atoms with E-state index in [0.29, 0.717) is 0 Å². The van der Waals surface area contributed by atoms with E-state index in [9.17, 15) is 0 Å². The third-order valence-corrected chi connectivity index (χ3v) is 11.9. The van der Waals surface area contributed by atoms with Gasteiger partial charge in [0, 0.05) is 40.0 Å². The molecule has 6 aromatic rings. The number of benzene rings is 5. The fourth-order valence-corrected chi connectivity index (χ4v) is 9.93. The van der Waals surface area contributed by atoms with Crippen molar-refractivity contribution >= 4 is 55.3 Å². The van der Waals surface area contributed by atoms with Crippen LogP contribution < -0.4 is 15.9 Å². The first kappa shape index (κ1) is 19.9. The Hall–Kier alpha value is -3.58. The molecule has 7 rings (SSSR count). The molecule has 1 aliphatic heterocycles. The summed E-state index contributed by atoms with van der Waals surface area (Å²) >= 11 is 6.80. The zero-order chi connectivity index (χ0) is 22.7. The molecular weight excluding hydrogens is 449 g/mol. The molecule has 160 valence electrons. The van der Waals surface area contributed by atoms with Crippen molar-refractivity contribution < 1.29 is 0 Å². The molecule has 2 heterocycles. The van der Waals surface area contributed by atoms with Crippen LogP contribution in [-0.2, 0) is 11.8 Å². The highest BCUT2D eigenvalue weighted by Gasteiger charge is 2.35. The average molecular weight is 470 g/mol. The van der Waals surface area contributed by atoms with E-state index in [-0.39, 0.29) is 0 Å². The number of hydrogen-bond donors (Lipinski definition) is 0. The molecule has 1 aromatic heterocycles. The van der Waals surface area contributed by atoms with Crippen LogP contribution in [0.5, 0.6) is 0 Å². The molecule has 3 heteroatoms. The van der Waals surface area contributed by atoms with E-state index in [0.717, 1.165) is 0 Å². The molecule has 0 amide bonds. The van der Waals surface area contributed by atoms with Gasteiger partial charge in [-0.15, -0.1) is 0 Å². The van der Waals surface area contributed by atoms with E-state index in [1.54, 1.807) is 0 Å². The summed E-state index contributed by atoms with van der Waals surface area (Å²) in [6.07, 6.45) is 3.92. The topological polar surface area (TPSA) is 12.9 Å². The molecule has 1 atom stereocenters. The maximum atomic E-state index is 6.80. The second kappa shape index (κ2) is 7.46. The maximum Gasteiger partial charge on any atom is 0.0391 e. The molecule has 0 aliphatic carbocycles. The summed E-state index contributed by atoms with van der Waals surface area (Å²) in [5.74, 6) is 0. The fraction of sp³-hybridized carbons (Fsp3) is 0. The van der Waals surface area contributed by atoms with Crippen molar-refractivity contribution in [1.82, 2.24) is 4.98 Å². The van der Waals surface area contributed by atoms with Crippen LogP contribution in [0.25, 0.3) is 43.8 Å². The van der Waals surface area contributed by atoms with Crippen molar-refractivity contribution in [3.63, 3.8) is 0 Å². The first-order valence-electron chi connectivity index (χ1n) is 11.4. The Labute approximate surface area is 203 Å². The summed E-state index contributed by atoms with van der Waals surface area (Å²) in [7, 11) is 0. The minimum Gasteiger partial charge on any atom is -0.264 e. The van der Waals surface area contributed by atoms with Gasteiger partial charge in [-0.05, 0) is 44.2 Å². The van der Waals surface area contributed by atoms with Gasteiger partial charge >= 0.3 is 0 Å². The summed E-state index contributed by atoms with van der Waals surface area (Å²) < 4.78 is 0. The number of pyridine rings is 1. The summed E-state index contributed by atoms with van der Waals surface area (Å²) in [4.78, 5) is 4.56. The van der Waals surface area contributed by atoms with Gasteiger partial charge in [0.15, 0.2) is 0 Å². The Balaban J connectivity index is 1.80. The van der Waals surface area contributed by atoms with Gasteiger partial charge in [0.1, 0.15) is 0 Å². The van der Waals surface area contributed by atoms with Crippen LogP contribution in [0.1, 0.15) is 0 Å². The van der Waals surface area contributed by atoms with E-state index in [1.165, 1.54) is 59.7 Å². The Morgan fingerprint density at radius 3 is 1.74 bits per heavy atom. The smallest absolute Gasteiger partial charge is 0.0391 e. The number of hydrogen-bond acceptors (Lipinski definition) is 2. The lowest BCUT2D eigenvalue weighted by Crippen LogP contribution is -2.25. The molecule has 0 saturated heterocycles. The normalized spacial score (nSPS) is 16.5. The van der Waals surface area contributed by atoms with Crippen LogP contribution in [0.3, 0.4) is 0 Å². The molecule has 0 fully saturated rings. The predicted octanol–water partition coefficient (Wildman–Crippen LogP) is 6.79. The van der Waals surface area contributed by atoms with E-state index in [1.807, 2.05) is 12.4 Å². The Morgan fingerprint density at radius 1 is 0.500 bits per heavy atom. The van der Waals surface area contributed by atoms with Crippen molar-refractivity contribution in [3.8, 4) is 22.3 Å². The number of nitrogens with zero attached hydrogens (tertiary/aromatic N) is 1. The lowest BCUT2D eigenvalue weighted by atomic mass is 9.86. The van der Waals surface area contributed by atoms with Crippen LogP contribution in [-0.4, -0.2) is 4.98 Å². The second-order valence-electron chi connectivity index (χ2n) is 8.70. The minimum atomic E-state index is -2.31. The standard InChI is InChI=1S/C31H20NPS/c34-33(21-10-2-1-3-11-21)28-16-8-6-14-25(28)30-24-13-5-4-12-22(24)23-18-19-32-20-27(23)31(30)26-15-7-9-17-29(26)33/h1-20H. The molecule has 0 N–H and O–H groups in total. The molecule has 1 nitrogen and oxygen atoms in total. The Morgan fingerprint density at radius 2 is 1.03 bits per heavy atom. The van der Waals surface area contributed by atoms with E-state index in [2.05, 4.69) is 114 Å². The molecule has 0 radical (unpaired) electrons. The van der Waals surface area contributed by atoms with Gasteiger partial charge in [-0.25, -0.2) is 0 Å². The molecule has 0 spiro atoms. The summed E-state index contributed by atoms with van der Waals surface area (Å²) in [5, 5.41) is 8.65. The third-order valence-electron chi connectivity index (χ3n) is 6.97. The van der Waals surface area contributed by atoms with Crippen molar-refractivity contribution in [1.29, 1.82) is 0 Å². The summed E-state index contributed by atoms with van der Waals surface area (Å²) in [5.41, 5.74) is 4.97. The van der Waals surface area contributed by atoms with E-state index in [4.69, 9.17) is 11.8 Å². The zero-order valence-electron chi connectivity index (χ0n) is 18.3. The minimum absolute atomic E-state index is 1.18. The number of rotatable bonds is 1. The quantitative estimate of drug-likeness (QED) is 0.194. The monoisotopic (exact) mass is 469 g/mol. The van der Waals surface area contributed by atoms with Crippen LogP contribution in [0, 0.1) is 0 Å². The molecule has 0 bridgehead atoms. The van der Waals surface area contributed by atoms with E-state index < -0.39 is 6.04 Å². The van der Waals surface area contributed by atoms with Gasteiger partial charge in [0.2, 0.25) is 0 Å². The van der Waals surface area contributed by atoms with Crippen LogP contribution in [0.2, 0.25) is 0 Å². The fourth-order valence-electron chi connectivity index (χ4n) is 5.56. The highest BCUT2D eigenvalue weighted by atomic mass is 32.4. The molecule has 34 heavy (non-hydrogen) atoms. The van der Waals surface area contributed by atoms with Gasteiger partial charge in [-0.1, -0.05) is 115 Å². The van der Waals surface area contributed by atoms with Crippen LogP contribution in [0.15, 0.2) is 122 Å². The lowest BCUT2D eigenvalue weighted by Gasteiger charge is -2.26. The van der Waals surface area contributed by atoms with Crippen molar-refractivity contribution in [2.45, 2.75) is 0 Å². The van der Waals surface area contributed by atoms with E-state index >= 15 is 0 Å². The Kier molecular flexibility index (Phi) is 4.36. The Bertz CT molecular complexity index is 1680. The number of fused-ring (bicyclic) bond motifs is 10. The summed E-state index contributed by atoms with van der Waals surface area (Å²) in [6.45, 7) is 0. The highest BCUT2D eigenvalue weighted by Crippen LogP contribution is 2.54. The van der Waals surface area contributed by atoms with Gasteiger partial charge < -0.3 is 0 Å². The molecule has 1 aliphatic rings. The van der Waals surface area contributed by atoms with Gasteiger partial charge in [0.25, 0.3) is 0 Å². The van der Waals surface area contributed by atoms with Gasteiger partial charge in [0.05, 0.1) is 0 Å². The highest BCUT2D eigenvalue weighted by molar-refractivity contribution is 8.25. The first-order valence-corrected chi connectivity index (χ1v) is 14.2. The molecule has 1 unspecified atom stereocenters. The summed E-state index contributed by atoms with van der Waals surface area (Å²) in [6, 6.07) is 36.9. The van der Waals surface area contributed by atoms with Crippen molar-refractivity contribution in [2.75, 3.05) is 0 Å². The lowest BCUT2D eigenvalue weighted by molar-refractivity contribution is 1.37. The van der Waals surface area contributed by atoms with Gasteiger partial charge in [-0.3, -0.25) is 4.98 Å². The predicted molar refractivity (Wildman–Crippen MR) is 150 cm³/mol. The zero-order valence-corrected chi connectivity index (χ0v) is 20.1. The van der Waals surface area contributed by atoms with Crippen molar-refractivity contribution in [3.05, 3.63) is 122 Å². The number of aromatic nitrogens is 1. The molecular formula is C31H20NPS. The van der Waals surface area contributed by atoms with Gasteiger partial charge in [-0.2, -0.15) is 0 Å². The molecule has 5 aromatic carbocycles. The van der Waals surface area contributed by atoms with Crippen molar-refractivity contribution in [2.24, 2.45) is 0 Å². The largest absolute Gasteiger partial charge is 0.264 e.